The third kappa shape index (κ3) is 3.47. The van der Waals surface area contributed by atoms with Crippen LogP contribution in [0.15, 0.2) is 18.5 Å². The molecule has 0 aromatic carbocycles. The van der Waals surface area contributed by atoms with Gasteiger partial charge in [0.05, 0.1) is 0 Å². The molecule has 1 saturated carbocycles. The number of unbranched alkanes of at least 4 members (excludes halogenated alkanes) is 1. The molecule has 1 unspecified atom stereocenters. The van der Waals surface area contributed by atoms with Crippen molar-refractivity contribution in [1.29, 1.82) is 0 Å². The number of carbonyl (C=O) groups is 1. The number of aromatic nitrogens is 1. The summed E-state index contributed by atoms with van der Waals surface area (Å²) in [6, 6.07) is 1.99. The van der Waals surface area contributed by atoms with Gasteiger partial charge in [-0.05, 0) is 31.2 Å². The average molecular weight is 247 g/mol. The number of hydrogen-bond acceptors (Lipinski definition) is 1. The van der Waals surface area contributed by atoms with Crippen molar-refractivity contribution in [2.24, 2.45) is 11.8 Å². The van der Waals surface area contributed by atoms with Gasteiger partial charge in [0.1, 0.15) is 0 Å². The molecule has 0 aliphatic heterocycles. The highest BCUT2D eigenvalue weighted by atomic mass is 16.1. The number of carbonyl (C=O) groups excluding carboxylic acids is 1. The van der Waals surface area contributed by atoms with Gasteiger partial charge in [-0.25, -0.2) is 0 Å². The van der Waals surface area contributed by atoms with Crippen LogP contribution in [-0.4, -0.2) is 10.4 Å². The second-order valence-corrected chi connectivity index (χ2v) is 5.65. The maximum atomic E-state index is 11.9. The van der Waals surface area contributed by atoms with Crippen molar-refractivity contribution in [2.75, 3.05) is 0 Å². The Morgan fingerprint density at radius 3 is 2.83 bits per heavy atom. The van der Waals surface area contributed by atoms with Crippen LogP contribution in [0.3, 0.4) is 0 Å². The van der Waals surface area contributed by atoms with Gasteiger partial charge in [-0.3, -0.25) is 4.79 Å². The molecule has 1 aliphatic rings. The summed E-state index contributed by atoms with van der Waals surface area (Å²) in [6.07, 6.45) is 11.4. The van der Waals surface area contributed by atoms with Gasteiger partial charge in [0.15, 0.2) is 5.78 Å². The summed E-state index contributed by atoms with van der Waals surface area (Å²) >= 11 is 0. The van der Waals surface area contributed by atoms with E-state index in [4.69, 9.17) is 0 Å². The smallest absolute Gasteiger partial charge is 0.167 e. The largest absolute Gasteiger partial charge is 0.353 e. The topological polar surface area (TPSA) is 22.0 Å². The van der Waals surface area contributed by atoms with Crippen molar-refractivity contribution >= 4 is 5.78 Å². The van der Waals surface area contributed by atoms with E-state index in [0.717, 1.165) is 30.9 Å². The summed E-state index contributed by atoms with van der Waals surface area (Å²) in [5.41, 5.74) is 0.919. The lowest BCUT2D eigenvalue weighted by molar-refractivity contribution is 0.0967. The van der Waals surface area contributed by atoms with E-state index >= 15 is 0 Å². The number of hydrogen-bond donors (Lipinski definition) is 0. The second kappa shape index (κ2) is 6.21. The molecule has 0 amide bonds. The number of ketones is 1. The minimum atomic E-state index is 0.336. The predicted molar refractivity (Wildman–Crippen MR) is 74.8 cm³/mol. The zero-order valence-electron chi connectivity index (χ0n) is 11.7. The van der Waals surface area contributed by atoms with Crippen molar-refractivity contribution in [3.8, 4) is 0 Å². The molecule has 0 radical (unpaired) electrons. The van der Waals surface area contributed by atoms with Crippen molar-refractivity contribution in [1.82, 2.24) is 4.57 Å². The standard InChI is InChI=1S/C16H25NO/c1-3-5-6-13(4-2)11-17-10-9-15(12-17)16(18)14-7-8-14/h9-10,12-14H,3-8,11H2,1-2H3. The van der Waals surface area contributed by atoms with Crippen molar-refractivity contribution < 1.29 is 4.79 Å². The SMILES string of the molecule is CCCCC(CC)Cn1ccc(C(=O)C2CC2)c1. The van der Waals surface area contributed by atoms with E-state index in [0.29, 0.717) is 11.7 Å². The highest BCUT2D eigenvalue weighted by Gasteiger charge is 2.30. The second-order valence-electron chi connectivity index (χ2n) is 5.65. The van der Waals surface area contributed by atoms with Crippen LogP contribution < -0.4 is 0 Å². The van der Waals surface area contributed by atoms with Gasteiger partial charge in [-0.1, -0.05) is 33.1 Å². The third-order valence-corrected chi connectivity index (χ3v) is 4.00. The first kappa shape index (κ1) is 13.4. The maximum Gasteiger partial charge on any atom is 0.167 e. The average Bonchev–Trinajstić information content (AvgIpc) is 3.13. The van der Waals surface area contributed by atoms with E-state index in [-0.39, 0.29) is 0 Å². The molecule has 2 rings (SSSR count). The van der Waals surface area contributed by atoms with E-state index in [1.54, 1.807) is 0 Å². The van der Waals surface area contributed by atoms with Crippen LogP contribution in [0.25, 0.3) is 0 Å². The zero-order valence-corrected chi connectivity index (χ0v) is 11.7. The molecule has 1 aliphatic carbocycles. The lowest BCUT2D eigenvalue weighted by Crippen LogP contribution is -2.09. The molecule has 1 heterocycles. The van der Waals surface area contributed by atoms with Gasteiger partial charge in [0.2, 0.25) is 0 Å². The fourth-order valence-electron chi connectivity index (χ4n) is 2.50. The van der Waals surface area contributed by atoms with Gasteiger partial charge in [-0.2, -0.15) is 0 Å². The Kier molecular flexibility index (Phi) is 4.62. The van der Waals surface area contributed by atoms with Crippen LogP contribution in [0.4, 0.5) is 0 Å². The summed E-state index contributed by atoms with van der Waals surface area (Å²) in [7, 11) is 0. The summed E-state index contributed by atoms with van der Waals surface area (Å²) in [4.78, 5) is 11.9. The Morgan fingerprint density at radius 2 is 2.22 bits per heavy atom. The first-order valence-electron chi connectivity index (χ1n) is 7.44. The lowest BCUT2D eigenvalue weighted by atomic mass is 9.99. The van der Waals surface area contributed by atoms with Gasteiger partial charge < -0.3 is 4.57 Å². The Morgan fingerprint density at radius 1 is 1.44 bits per heavy atom. The molecule has 0 saturated heterocycles. The van der Waals surface area contributed by atoms with Gasteiger partial charge >= 0.3 is 0 Å². The van der Waals surface area contributed by atoms with Gasteiger partial charge in [0, 0.05) is 30.4 Å². The van der Waals surface area contributed by atoms with Crippen LogP contribution in [-0.2, 0) is 6.54 Å². The minimum absolute atomic E-state index is 0.336. The molecule has 1 fully saturated rings. The van der Waals surface area contributed by atoms with E-state index in [1.807, 2.05) is 6.07 Å². The van der Waals surface area contributed by atoms with Crippen LogP contribution in [0, 0.1) is 11.8 Å². The Bertz CT molecular complexity index is 390. The molecule has 18 heavy (non-hydrogen) atoms. The summed E-state index contributed by atoms with van der Waals surface area (Å²) in [5.74, 6) is 1.44. The van der Waals surface area contributed by atoms with Crippen LogP contribution >= 0.6 is 0 Å². The van der Waals surface area contributed by atoms with Gasteiger partial charge in [-0.15, -0.1) is 0 Å². The molecular weight excluding hydrogens is 222 g/mol. The van der Waals surface area contributed by atoms with Gasteiger partial charge in [0.25, 0.3) is 0 Å². The highest BCUT2D eigenvalue weighted by Crippen LogP contribution is 2.32. The molecule has 2 nitrogen and oxygen atoms in total. The molecule has 1 aromatic rings. The molecule has 100 valence electrons. The summed E-state index contributed by atoms with van der Waals surface area (Å²) < 4.78 is 2.21. The number of Topliss-reactive ketones (excluding diaryl/α,β-unsaturated/α-hetero) is 1. The Balaban J connectivity index is 1.90. The minimum Gasteiger partial charge on any atom is -0.353 e. The predicted octanol–water partition coefficient (Wildman–Crippen LogP) is 4.30. The molecule has 0 N–H and O–H groups in total. The molecule has 0 spiro atoms. The molecule has 1 atom stereocenters. The van der Waals surface area contributed by atoms with Crippen molar-refractivity contribution in [2.45, 2.75) is 58.9 Å². The quantitative estimate of drug-likeness (QED) is 0.628. The fourth-order valence-corrected chi connectivity index (χ4v) is 2.50. The van der Waals surface area contributed by atoms with Crippen molar-refractivity contribution in [3.05, 3.63) is 24.0 Å². The molecule has 2 heteroatoms. The fraction of sp³-hybridized carbons (Fsp3) is 0.688. The summed E-state index contributed by atoms with van der Waals surface area (Å²) in [6.45, 7) is 5.57. The normalized spacial score (nSPS) is 16.8. The van der Waals surface area contributed by atoms with Crippen LogP contribution in [0.1, 0.15) is 62.7 Å². The highest BCUT2D eigenvalue weighted by molar-refractivity contribution is 5.99. The van der Waals surface area contributed by atoms with Crippen LogP contribution in [0.2, 0.25) is 0 Å². The van der Waals surface area contributed by atoms with Crippen LogP contribution in [0.5, 0.6) is 0 Å². The first-order valence-corrected chi connectivity index (χ1v) is 7.44. The number of nitrogens with zero attached hydrogens (tertiary/aromatic N) is 1. The lowest BCUT2D eigenvalue weighted by Gasteiger charge is -2.15. The van der Waals surface area contributed by atoms with E-state index < -0.39 is 0 Å². The maximum absolute atomic E-state index is 11.9. The van der Waals surface area contributed by atoms with E-state index in [1.165, 1.54) is 25.7 Å². The first-order chi connectivity index (χ1) is 8.74. The third-order valence-electron chi connectivity index (χ3n) is 4.00. The molecule has 1 aromatic heterocycles. The van der Waals surface area contributed by atoms with E-state index in [9.17, 15) is 4.79 Å². The molecule has 0 bridgehead atoms. The zero-order chi connectivity index (χ0) is 13.0. The Labute approximate surface area is 110 Å². The summed E-state index contributed by atoms with van der Waals surface area (Å²) in [5, 5.41) is 0. The van der Waals surface area contributed by atoms with Crippen molar-refractivity contribution in [3.63, 3.8) is 0 Å². The Hall–Kier alpha value is -1.05. The number of rotatable bonds is 8. The monoisotopic (exact) mass is 247 g/mol. The van der Waals surface area contributed by atoms with E-state index in [2.05, 4.69) is 30.8 Å². The molecular formula is C16H25NO.